The molecular weight excluding hydrogens is 456 g/mol. The summed E-state index contributed by atoms with van der Waals surface area (Å²) < 4.78 is 16.9. The van der Waals surface area contributed by atoms with Gasteiger partial charge in [0.05, 0.1) is 40.5 Å². The van der Waals surface area contributed by atoms with Crippen LogP contribution < -0.4 is 10.6 Å². The van der Waals surface area contributed by atoms with E-state index in [4.69, 9.17) is 23.2 Å². The molecule has 3 heterocycles. The summed E-state index contributed by atoms with van der Waals surface area (Å²) >= 11 is 12.3. The Kier molecular flexibility index (Phi) is 5.17. The zero-order valence-corrected chi connectivity index (χ0v) is 18.8. The van der Waals surface area contributed by atoms with Gasteiger partial charge in [-0.25, -0.2) is 9.37 Å². The normalized spacial score (nSPS) is 17.9. The van der Waals surface area contributed by atoms with Crippen molar-refractivity contribution in [1.29, 1.82) is 0 Å². The van der Waals surface area contributed by atoms with E-state index in [1.807, 2.05) is 13.8 Å². The van der Waals surface area contributed by atoms with Gasteiger partial charge in [0.25, 0.3) is 0 Å². The van der Waals surface area contributed by atoms with Gasteiger partial charge in [-0.15, -0.1) is 11.6 Å². The van der Waals surface area contributed by atoms with E-state index < -0.39 is 5.82 Å². The van der Waals surface area contributed by atoms with Crippen LogP contribution in [-0.2, 0) is 4.79 Å². The number of anilines is 2. The van der Waals surface area contributed by atoms with E-state index in [1.165, 1.54) is 0 Å². The smallest absolute Gasteiger partial charge is 0.229 e. The predicted octanol–water partition coefficient (Wildman–Crippen LogP) is 4.70. The van der Waals surface area contributed by atoms with Gasteiger partial charge in [0.2, 0.25) is 5.91 Å². The third-order valence-corrected chi connectivity index (χ3v) is 6.28. The fraction of sp³-hybridized carbons (Fsp3) is 0.333. The van der Waals surface area contributed by atoms with Crippen LogP contribution in [0.4, 0.5) is 15.9 Å². The first kappa shape index (κ1) is 21.0. The minimum atomic E-state index is -0.578. The zero-order chi connectivity index (χ0) is 22.6. The number of nitrogens with one attached hydrogen (secondary N) is 3. The first-order valence-electron chi connectivity index (χ1n) is 10.2. The van der Waals surface area contributed by atoms with Crippen molar-refractivity contribution in [3.8, 4) is 11.3 Å². The maximum atomic E-state index is 15.2. The van der Waals surface area contributed by atoms with Gasteiger partial charge in [-0.3, -0.25) is 14.9 Å². The molecule has 8 nitrogen and oxygen atoms in total. The second kappa shape index (κ2) is 7.90. The Hall–Kier alpha value is -2.91. The highest BCUT2D eigenvalue weighted by Crippen LogP contribution is 2.41. The minimum Gasteiger partial charge on any atom is -0.379 e. The van der Waals surface area contributed by atoms with E-state index in [1.54, 1.807) is 29.2 Å². The zero-order valence-electron chi connectivity index (χ0n) is 17.3. The van der Waals surface area contributed by atoms with Crippen LogP contribution in [0.5, 0.6) is 0 Å². The summed E-state index contributed by atoms with van der Waals surface area (Å²) in [7, 11) is 0. The average molecular weight is 476 g/mol. The molecule has 0 bridgehead atoms. The highest BCUT2D eigenvalue weighted by molar-refractivity contribution is 6.35. The number of hydrogen-bond acceptors (Lipinski definition) is 5. The fourth-order valence-electron chi connectivity index (χ4n) is 3.84. The molecule has 0 saturated heterocycles. The molecule has 1 fully saturated rings. The highest BCUT2D eigenvalue weighted by Gasteiger charge is 2.42. The van der Waals surface area contributed by atoms with Crippen LogP contribution in [0.1, 0.15) is 20.3 Å². The van der Waals surface area contributed by atoms with E-state index in [9.17, 15) is 4.79 Å². The van der Waals surface area contributed by atoms with Crippen LogP contribution in [0.25, 0.3) is 27.8 Å². The van der Waals surface area contributed by atoms with Crippen LogP contribution in [0.15, 0.2) is 24.8 Å². The molecule has 2 atom stereocenters. The summed E-state index contributed by atoms with van der Waals surface area (Å²) in [6.07, 6.45) is 7.31. The largest absolute Gasteiger partial charge is 0.379 e. The van der Waals surface area contributed by atoms with Crippen LogP contribution in [-0.4, -0.2) is 42.4 Å². The van der Waals surface area contributed by atoms with Crippen molar-refractivity contribution in [3.05, 3.63) is 35.6 Å². The molecule has 0 aliphatic heterocycles. The summed E-state index contributed by atoms with van der Waals surface area (Å²) in [6.45, 7) is 3.82. The van der Waals surface area contributed by atoms with Gasteiger partial charge in [0.15, 0.2) is 17.3 Å². The van der Waals surface area contributed by atoms with Gasteiger partial charge in [-0.2, -0.15) is 5.10 Å². The molecule has 0 unspecified atom stereocenters. The summed E-state index contributed by atoms with van der Waals surface area (Å²) in [6, 6.07) is 0.00215. The van der Waals surface area contributed by atoms with Gasteiger partial charge < -0.3 is 15.0 Å². The number of carbonyl (C=O) groups excluding carboxylic acids is 1. The van der Waals surface area contributed by atoms with Crippen molar-refractivity contribution in [1.82, 2.24) is 24.6 Å². The molecule has 1 aliphatic carbocycles. The third kappa shape index (κ3) is 3.55. The van der Waals surface area contributed by atoms with Gasteiger partial charge in [0.1, 0.15) is 0 Å². The van der Waals surface area contributed by atoms with Crippen LogP contribution in [0.3, 0.4) is 0 Å². The lowest BCUT2D eigenvalue weighted by molar-refractivity contribution is -0.117. The Morgan fingerprint density at radius 1 is 1.38 bits per heavy atom. The molecule has 5 rings (SSSR count). The van der Waals surface area contributed by atoms with Crippen molar-refractivity contribution in [2.75, 3.05) is 16.5 Å². The minimum absolute atomic E-state index is 0.00215. The molecule has 4 aromatic rings. The first-order valence-corrected chi connectivity index (χ1v) is 11.1. The van der Waals surface area contributed by atoms with Gasteiger partial charge in [-0.1, -0.05) is 11.6 Å². The number of aromatic nitrogens is 5. The number of carbonyl (C=O) groups is 1. The highest BCUT2D eigenvalue weighted by atomic mass is 35.5. The van der Waals surface area contributed by atoms with Crippen LogP contribution in [0.2, 0.25) is 5.02 Å². The van der Waals surface area contributed by atoms with Gasteiger partial charge in [-0.05, 0) is 26.2 Å². The Bertz CT molecular complexity index is 1350. The van der Waals surface area contributed by atoms with E-state index in [0.29, 0.717) is 39.5 Å². The number of nitrogens with zero attached hydrogens (tertiary/aromatic N) is 4. The standard InChI is InChI=1S/C21H20Cl2FN7O/c1-9(2)27-20-18(24)17(23)16(12-5-26-30-19(12)20)13-7-31-8-14(28-15(31)6-25-13)29-21(32)11-3-10(11)4-22/h5-11,27H,3-4H2,1-2H3,(H,26,30)(H,29,32)/t10-,11-/m1/s1. The molecule has 1 aliphatic rings. The molecule has 3 aromatic heterocycles. The maximum Gasteiger partial charge on any atom is 0.229 e. The monoisotopic (exact) mass is 475 g/mol. The lowest BCUT2D eigenvalue weighted by Crippen LogP contribution is -2.15. The number of H-pyrrole nitrogens is 1. The number of imidazole rings is 1. The SMILES string of the molecule is CC(C)Nc1c(F)c(Cl)c(-c2cn3cc(NC(=O)[C@@H]4C[C@@H]4CCl)nc3cn2)c2cn[nH]c12. The topological polar surface area (TPSA) is 100 Å². The number of rotatable bonds is 6. The average Bonchev–Trinajstić information content (AvgIpc) is 3.22. The Labute approximate surface area is 192 Å². The van der Waals surface area contributed by atoms with E-state index in [-0.39, 0.29) is 34.5 Å². The second-order valence-electron chi connectivity index (χ2n) is 8.25. The number of benzene rings is 1. The van der Waals surface area contributed by atoms with E-state index >= 15 is 4.39 Å². The third-order valence-electron chi connectivity index (χ3n) is 5.53. The fourth-order valence-corrected chi connectivity index (χ4v) is 4.47. The van der Waals surface area contributed by atoms with E-state index in [2.05, 4.69) is 30.8 Å². The van der Waals surface area contributed by atoms with Crippen molar-refractivity contribution >= 4 is 57.2 Å². The quantitative estimate of drug-likeness (QED) is 0.351. The lowest BCUT2D eigenvalue weighted by atomic mass is 10.1. The molecule has 1 amide bonds. The number of hydrogen-bond donors (Lipinski definition) is 3. The summed E-state index contributed by atoms with van der Waals surface area (Å²) in [4.78, 5) is 21.1. The summed E-state index contributed by atoms with van der Waals surface area (Å²) in [5, 5.41) is 13.4. The van der Waals surface area contributed by atoms with Crippen LogP contribution in [0, 0.1) is 17.7 Å². The number of halogens is 3. The van der Waals surface area contributed by atoms with Gasteiger partial charge >= 0.3 is 0 Å². The van der Waals surface area contributed by atoms with Crippen molar-refractivity contribution in [2.24, 2.45) is 11.8 Å². The molecule has 1 aromatic carbocycles. The summed E-state index contributed by atoms with van der Waals surface area (Å²) in [5.41, 5.74) is 2.18. The molecular formula is C21H20Cl2FN7O. The molecule has 11 heteroatoms. The Balaban J connectivity index is 1.53. The van der Waals surface area contributed by atoms with Gasteiger partial charge in [0, 0.05) is 35.0 Å². The number of alkyl halides is 1. The van der Waals surface area contributed by atoms with Crippen molar-refractivity contribution in [3.63, 3.8) is 0 Å². The molecule has 3 N–H and O–H groups in total. The second-order valence-corrected chi connectivity index (χ2v) is 8.93. The van der Waals surface area contributed by atoms with Crippen LogP contribution >= 0.6 is 23.2 Å². The Morgan fingerprint density at radius 2 is 2.19 bits per heavy atom. The lowest BCUT2D eigenvalue weighted by Gasteiger charge is -2.15. The molecule has 32 heavy (non-hydrogen) atoms. The number of fused-ring (bicyclic) bond motifs is 2. The first-order chi connectivity index (χ1) is 15.4. The number of aromatic amines is 1. The number of amides is 1. The van der Waals surface area contributed by atoms with Crippen molar-refractivity contribution in [2.45, 2.75) is 26.3 Å². The van der Waals surface area contributed by atoms with E-state index in [0.717, 1.165) is 6.42 Å². The maximum absolute atomic E-state index is 15.2. The molecule has 166 valence electrons. The Morgan fingerprint density at radius 3 is 2.91 bits per heavy atom. The molecule has 0 radical (unpaired) electrons. The summed E-state index contributed by atoms with van der Waals surface area (Å²) in [5.74, 6) is 0.375. The molecule has 1 saturated carbocycles. The van der Waals surface area contributed by atoms with Crippen molar-refractivity contribution < 1.29 is 9.18 Å². The molecule has 0 spiro atoms. The predicted molar refractivity (Wildman–Crippen MR) is 123 cm³/mol.